The first-order valence-electron chi connectivity index (χ1n) is 11.1. The highest BCUT2D eigenvalue weighted by Crippen LogP contribution is 2.31. The summed E-state index contributed by atoms with van der Waals surface area (Å²) in [5.41, 5.74) is 11.7. The van der Waals surface area contributed by atoms with Crippen molar-refractivity contribution in [2.45, 2.75) is 38.5 Å². The fourth-order valence-corrected chi connectivity index (χ4v) is 4.63. The summed E-state index contributed by atoms with van der Waals surface area (Å²) in [7, 11) is 0. The second-order valence-electron chi connectivity index (χ2n) is 8.16. The number of pyridine rings is 1. The molecule has 2 atom stereocenters. The van der Waals surface area contributed by atoms with Gasteiger partial charge in [0.05, 0.1) is 11.8 Å². The third-order valence-corrected chi connectivity index (χ3v) is 6.46. The molecule has 12 heteroatoms. The van der Waals surface area contributed by atoms with Crippen molar-refractivity contribution in [1.82, 2.24) is 19.6 Å². The number of nitrogens with two attached hydrogens (primary N) is 2. The Kier molecular flexibility index (Phi) is 7.42. The lowest BCUT2D eigenvalue weighted by Gasteiger charge is -2.30. The summed E-state index contributed by atoms with van der Waals surface area (Å²) in [6.45, 7) is 2.73. The van der Waals surface area contributed by atoms with Gasteiger partial charge in [-0.15, -0.1) is 0 Å². The first-order chi connectivity index (χ1) is 16.8. The molecule has 3 aromatic heterocycles. The molecule has 5 N–H and O–H groups in total. The van der Waals surface area contributed by atoms with Crippen molar-refractivity contribution in [2.75, 3.05) is 18.9 Å². The number of aryl methyl sites for hydroxylation is 1. The number of nitrogens with zero attached hydrogens (tertiary/aromatic N) is 3. The van der Waals surface area contributed by atoms with Gasteiger partial charge in [0.2, 0.25) is 0 Å². The van der Waals surface area contributed by atoms with Crippen molar-refractivity contribution in [3.05, 3.63) is 64.3 Å². The normalized spacial score (nSPS) is 16.1. The molecular formula is C23H26N6O5S. The Hall–Kier alpha value is -3.77. The molecule has 0 bridgehead atoms. The highest BCUT2D eigenvalue weighted by Gasteiger charge is 2.37. The molecule has 1 saturated heterocycles. The van der Waals surface area contributed by atoms with Crippen LogP contribution in [0.5, 0.6) is 0 Å². The van der Waals surface area contributed by atoms with Gasteiger partial charge >= 0.3 is 0 Å². The zero-order valence-corrected chi connectivity index (χ0v) is 19.9. The molecular weight excluding hydrogens is 472 g/mol. The second-order valence-corrected chi connectivity index (χ2v) is 8.94. The van der Waals surface area contributed by atoms with Gasteiger partial charge in [0.1, 0.15) is 16.4 Å². The molecule has 1 aliphatic rings. The summed E-state index contributed by atoms with van der Waals surface area (Å²) in [5, 5.41) is 2.89. The van der Waals surface area contributed by atoms with Crippen molar-refractivity contribution in [1.29, 1.82) is 0 Å². The van der Waals surface area contributed by atoms with E-state index in [-0.39, 0.29) is 34.7 Å². The van der Waals surface area contributed by atoms with E-state index in [2.05, 4.69) is 14.7 Å². The van der Waals surface area contributed by atoms with Crippen molar-refractivity contribution in [3.63, 3.8) is 0 Å². The van der Waals surface area contributed by atoms with Crippen LogP contribution in [0.15, 0.2) is 41.1 Å². The van der Waals surface area contributed by atoms with Crippen molar-refractivity contribution < 1.29 is 23.5 Å². The summed E-state index contributed by atoms with van der Waals surface area (Å²) >= 11 is 0.750. The van der Waals surface area contributed by atoms with Crippen LogP contribution in [0.4, 0.5) is 5.69 Å². The minimum Gasteiger partial charge on any atom is -0.464 e. The van der Waals surface area contributed by atoms with Crippen molar-refractivity contribution in [2.24, 2.45) is 5.73 Å². The molecule has 0 aliphatic carbocycles. The van der Waals surface area contributed by atoms with Crippen LogP contribution in [0.2, 0.25) is 0 Å². The standard InChI is InChI=1S/C23H26N6O5S/c1-13-6-7-16(34-13)19(22(31)27-11-15-5-3-9-33-15)29(12-14-4-2-8-26-10-14)23(32)20-17(24)18(21(25)30)28-35-20/h2,4,6-8,10,15,19H,3,5,9,11-12,24H2,1H3,(H2,25,30)(H,27,31)/t15-,19-/m0/s1. The van der Waals surface area contributed by atoms with Gasteiger partial charge < -0.3 is 30.8 Å². The molecule has 4 heterocycles. The summed E-state index contributed by atoms with van der Waals surface area (Å²) < 4.78 is 15.3. The van der Waals surface area contributed by atoms with E-state index in [0.29, 0.717) is 24.5 Å². The van der Waals surface area contributed by atoms with Gasteiger partial charge in [0.15, 0.2) is 11.7 Å². The number of carbonyl (C=O) groups is 3. The summed E-state index contributed by atoms with van der Waals surface area (Å²) in [6, 6.07) is 5.76. The lowest BCUT2D eigenvalue weighted by Crippen LogP contribution is -2.45. The number of primary amides is 1. The van der Waals surface area contributed by atoms with E-state index >= 15 is 0 Å². The van der Waals surface area contributed by atoms with Gasteiger partial charge in [-0.25, -0.2) is 0 Å². The topological polar surface area (TPSA) is 167 Å². The van der Waals surface area contributed by atoms with E-state index < -0.39 is 23.8 Å². The number of aromatic nitrogens is 2. The maximum atomic E-state index is 13.8. The molecule has 1 fully saturated rings. The molecule has 3 amide bonds. The van der Waals surface area contributed by atoms with Gasteiger partial charge in [-0.1, -0.05) is 6.07 Å². The number of nitrogens with one attached hydrogen (secondary N) is 1. The summed E-state index contributed by atoms with van der Waals surface area (Å²) in [6.07, 6.45) is 4.89. The number of anilines is 1. The third-order valence-electron chi connectivity index (χ3n) is 5.61. The van der Waals surface area contributed by atoms with Crippen molar-refractivity contribution >= 4 is 34.9 Å². The lowest BCUT2D eigenvalue weighted by molar-refractivity contribution is -0.127. The van der Waals surface area contributed by atoms with Crippen LogP contribution in [-0.2, 0) is 16.1 Å². The summed E-state index contributed by atoms with van der Waals surface area (Å²) in [5.74, 6) is -1.01. The second kappa shape index (κ2) is 10.7. The van der Waals surface area contributed by atoms with E-state index in [1.807, 2.05) is 0 Å². The number of nitrogen functional groups attached to an aromatic ring is 1. The van der Waals surface area contributed by atoms with Crippen LogP contribution in [0, 0.1) is 6.92 Å². The van der Waals surface area contributed by atoms with Crippen molar-refractivity contribution in [3.8, 4) is 0 Å². The Morgan fingerprint density at radius 2 is 2.14 bits per heavy atom. The smallest absolute Gasteiger partial charge is 0.270 e. The van der Waals surface area contributed by atoms with Gasteiger partial charge in [-0.05, 0) is 55.1 Å². The van der Waals surface area contributed by atoms with Crippen LogP contribution in [0.25, 0.3) is 0 Å². The Morgan fingerprint density at radius 3 is 2.74 bits per heavy atom. The predicted molar refractivity (Wildman–Crippen MR) is 127 cm³/mol. The first kappa shape index (κ1) is 24.4. The number of furan rings is 1. The number of hydrogen-bond acceptors (Lipinski definition) is 9. The number of amides is 3. The highest BCUT2D eigenvalue weighted by molar-refractivity contribution is 7.09. The molecule has 11 nitrogen and oxygen atoms in total. The molecule has 0 unspecified atom stereocenters. The SMILES string of the molecule is Cc1ccc([C@@H](C(=O)NC[C@@H]2CCCO2)N(Cc2cccnc2)C(=O)c2snc(C(N)=O)c2N)o1. The third kappa shape index (κ3) is 5.49. The van der Waals surface area contributed by atoms with Gasteiger partial charge in [0.25, 0.3) is 17.7 Å². The number of carbonyl (C=O) groups excluding carboxylic acids is 3. The fraction of sp³-hybridized carbons (Fsp3) is 0.348. The molecule has 0 spiro atoms. The lowest BCUT2D eigenvalue weighted by atomic mass is 10.1. The van der Waals surface area contributed by atoms with E-state index in [4.69, 9.17) is 20.6 Å². The molecule has 184 valence electrons. The molecule has 0 radical (unpaired) electrons. The quantitative estimate of drug-likeness (QED) is 0.401. The minimum atomic E-state index is -1.13. The maximum Gasteiger partial charge on any atom is 0.270 e. The largest absolute Gasteiger partial charge is 0.464 e. The Balaban J connectivity index is 1.72. The predicted octanol–water partition coefficient (Wildman–Crippen LogP) is 1.80. The first-order valence-corrected chi connectivity index (χ1v) is 11.8. The average molecular weight is 499 g/mol. The molecule has 35 heavy (non-hydrogen) atoms. The van der Waals surface area contributed by atoms with Gasteiger partial charge in [0, 0.05) is 32.1 Å². The number of rotatable bonds is 9. The zero-order valence-electron chi connectivity index (χ0n) is 19.1. The molecule has 4 rings (SSSR count). The maximum absolute atomic E-state index is 13.8. The van der Waals surface area contributed by atoms with Gasteiger partial charge in [-0.3, -0.25) is 19.4 Å². The molecule has 0 aromatic carbocycles. The molecule has 3 aromatic rings. The van der Waals surface area contributed by atoms with Crippen LogP contribution < -0.4 is 16.8 Å². The van der Waals surface area contributed by atoms with E-state index in [0.717, 1.165) is 24.4 Å². The van der Waals surface area contributed by atoms with Crippen LogP contribution in [-0.4, -0.2) is 51.2 Å². The summed E-state index contributed by atoms with van der Waals surface area (Å²) in [4.78, 5) is 44.4. The highest BCUT2D eigenvalue weighted by atomic mass is 32.1. The molecule has 0 saturated carbocycles. The number of ether oxygens (including phenoxy) is 1. The van der Waals surface area contributed by atoms with Crippen LogP contribution in [0.3, 0.4) is 0 Å². The van der Waals surface area contributed by atoms with E-state index in [1.54, 1.807) is 43.6 Å². The van der Waals surface area contributed by atoms with Crippen LogP contribution >= 0.6 is 11.5 Å². The zero-order chi connectivity index (χ0) is 24.9. The monoisotopic (exact) mass is 498 g/mol. The van der Waals surface area contributed by atoms with Gasteiger partial charge in [-0.2, -0.15) is 4.37 Å². The Labute approximate surface area is 205 Å². The van der Waals surface area contributed by atoms with E-state index in [9.17, 15) is 14.4 Å². The average Bonchev–Trinajstić information content (AvgIpc) is 3.59. The van der Waals surface area contributed by atoms with Crippen LogP contribution in [0.1, 0.15) is 56.1 Å². The fourth-order valence-electron chi connectivity index (χ4n) is 3.87. The molecule has 1 aliphatic heterocycles. The Morgan fingerprint density at radius 1 is 1.31 bits per heavy atom. The minimum absolute atomic E-state index is 0.00268. The van der Waals surface area contributed by atoms with E-state index in [1.165, 1.54) is 4.90 Å². The Bertz CT molecular complexity index is 1200. The number of hydrogen-bond donors (Lipinski definition) is 3.